The fraction of sp³-hybridized carbons (Fsp3) is 0.0952. The minimum absolute atomic E-state index is 0. The van der Waals surface area contributed by atoms with Crippen LogP contribution in [-0.4, -0.2) is 0 Å². The molecule has 0 radical (unpaired) electrons. The average Bonchev–Trinajstić information content (AvgIpc) is 3.21. The van der Waals surface area contributed by atoms with E-state index in [-0.39, 0.29) is 31.1 Å². The van der Waals surface area contributed by atoms with Crippen molar-refractivity contribution in [2.45, 2.75) is 13.3 Å². The van der Waals surface area contributed by atoms with Crippen LogP contribution in [0.5, 0.6) is 0 Å². The first kappa shape index (κ1) is 23.5. The number of benzene rings is 2. The van der Waals surface area contributed by atoms with E-state index in [2.05, 4.69) is 79.7 Å². The van der Waals surface area contributed by atoms with Gasteiger partial charge in [0.25, 0.3) is 0 Å². The first-order chi connectivity index (χ1) is 10.8. The summed E-state index contributed by atoms with van der Waals surface area (Å²) in [6.45, 7) is 2.19. The number of hydrogen-bond acceptors (Lipinski definition) is 0. The summed E-state index contributed by atoms with van der Waals surface area (Å²) >= 11 is 0. The van der Waals surface area contributed by atoms with Crippen molar-refractivity contribution in [3.63, 3.8) is 0 Å². The van der Waals surface area contributed by atoms with Crippen LogP contribution in [-0.2, 0) is 21.7 Å². The molecule has 3 aromatic carbocycles. The summed E-state index contributed by atoms with van der Waals surface area (Å²) in [5, 5.41) is 5.58. The summed E-state index contributed by atoms with van der Waals surface area (Å²) in [5.74, 6) is 0. The Bertz CT molecular complexity index is 778. The van der Waals surface area contributed by atoms with Crippen molar-refractivity contribution in [1.82, 2.24) is 0 Å². The van der Waals surface area contributed by atoms with Crippen molar-refractivity contribution in [1.29, 1.82) is 0 Å². The summed E-state index contributed by atoms with van der Waals surface area (Å²) in [6.07, 6.45) is 10.0. The van der Waals surface area contributed by atoms with Crippen LogP contribution in [0.4, 0.5) is 0 Å². The van der Waals surface area contributed by atoms with Crippen molar-refractivity contribution in [3.05, 3.63) is 90.5 Å². The second-order valence-electron chi connectivity index (χ2n) is 5.32. The molecule has 25 heavy (non-hydrogen) atoms. The van der Waals surface area contributed by atoms with Crippen molar-refractivity contribution in [3.8, 4) is 0 Å². The monoisotopic (exact) mass is 388 g/mol. The minimum Gasteiger partial charge on any atom is -1.00 e. The molecular weight excluding hydrogens is 369 g/mol. The predicted molar refractivity (Wildman–Crippen MR) is 99.9 cm³/mol. The Morgan fingerprint density at radius 1 is 1.00 bits per heavy atom. The molecule has 0 bridgehead atoms. The van der Waals surface area contributed by atoms with Gasteiger partial charge in [0, 0.05) is 0 Å². The summed E-state index contributed by atoms with van der Waals surface area (Å²) in [7, 11) is 0.759. The van der Waals surface area contributed by atoms with Crippen molar-refractivity contribution in [2.24, 2.45) is 0 Å². The van der Waals surface area contributed by atoms with Gasteiger partial charge in [-0.1, -0.05) is 38.9 Å². The third-order valence-corrected chi connectivity index (χ3v) is 5.04. The maximum atomic E-state index is 2.99. The van der Waals surface area contributed by atoms with Crippen LogP contribution in [0.3, 0.4) is 0 Å². The normalized spacial score (nSPS) is 11.4. The van der Waals surface area contributed by atoms with Crippen LogP contribution in [0.25, 0.3) is 10.8 Å². The van der Waals surface area contributed by atoms with E-state index in [4.69, 9.17) is 0 Å². The van der Waals surface area contributed by atoms with Gasteiger partial charge in [-0.15, -0.1) is 46.8 Å². The van der Waals surface area contributed by atoms with Gasteiger partial charge in [0.05, 0.1) is 0 Å². The third-order valence-electron chi connectivity index (χ3n) is 3.63. The molecule has 126 valence electrons. The van der Waals surface area contributed by atoms with Gasteiger partial charge in [-0.3, -0.25) is 6.08 Å². The van der Waals surface area contributed by atoms with E-state index in [1.165, 1.54) is 26.9 Å². The first-order valence-electron chi connectivity index (χ1n) is 7.53. The van der Waals surface area contributed by atoms with Crippen LogP contribution in [0, 0.1) is 13.0 Å². The molecule has 4 rings (SSSR count). The number of allylic oxidation sites excluding steroid dienone is 4. The molecule has 1 aliphatic carbocycles. The Balaban J connectivity index is 0.000000630. The molecule has 0 heterocycles. The Hall–Kier alpha value is -1.47. The number of halogens is 2. The van der Waals surface area contributed by atoms with E-state index >= 15 is 0 Å². The summed E-state index contributed by atoms with van der Waals surface area (Å²) in [4.78, 5) is 0. The molecule has 0 N–H and O–H groups in total. The topological polar surface area (TPSA) is 0 Å². The molecule has 1 aliphatic rings. The van der Waals surface area contributed by atoms with Gasteiger partial charge in [0.2, 0.25) is 0 Å². The maximum absolute atomic E-state index is 2.99. The van der Waals surface area contributed by atoms with Crippen molar-refractivity contribution in [2.75, 3.05) is 0 Å². The Labute approximate surface area is 164 Å². The maximum Gasteiger partial charge on any atom is 4.00 e. The van der Waals surface area contributed by atoms with Crippen molar-refractivity contribution >= 4 is 30.0 Å². The van der Waals surface area contributed by atoms with Crippen molar-refractivity contribution < 1.29 is 31.1 Å². The average molecular weight is 388 g/mol. The number of aryl methyl sites for hydroxylation is 1. The molecule has 0 spiro atoms. The van der Waals surface area contributed by atoms with Gasteiger partial charge < -0.3 is 9.41 Å². The quantitative estimate of drug-likeness (QED) is 0.294. The Morgan fingerprint density at radius 2 is 1.72 bits per heavy atom. The van der Waals surface area contributed by atoms with Gasteiger partial charge in [0.1, 0.15) is 0 Å². The molecular formula is C21H19F2PTi. The minimum atomic E-state index is 0. The number of rotatable bonds is 2. The second kappa shape index (κ2) is 12.0. The molecule has 3 aromatic rings. The van der Waals surface area contributed by atoms with Gasteiger partial charge in [-0.25, -0.2) is 12.2 Å². The van der Waals surface area contributed by atoms with Crippen LogP contribution in [0.15, 0.2) is 78.9 Å². The molecule has 0 saturated heterocycles. The zero-order valence-corrected chi connectivity index (χ0v) is 16.5. The summed E-state index contributed by atoms with van der Waals surface area (Å²) in [6, 6.07) is 21.8. The Kier molecular flexibility index (Phi) is 11.3. The molecule has 0 aromatic heterocycles. The van der Waals surface area contributed by atoms with Gasteiger partial charge in [-0.2, -0.15) is 12.1 Å². The van der Waals surface area contributed by atoms with E-state index < -0.39 is 0 Å². The third kappa shape index (κ3) is 6.74. The smallest absolute Gasteiger partial charge is 1.00 e. The molecule has 0 amide bonds. The van der Waals surface area contributed by atoms with E-state index in [0.717, 1.165) is 15.0 Å². The summed E-state index contributed by atoms with van der Waals surface area (Å²) in [5.41, 5.74) is 1.39. The molecule has 1 atom stereocenters. The fourth-order valence-corrected chi connectivity index (χ4v) is 3.66. The van der Waals surface area contributed by atoms with E-state index in [1.54, 1.807) is 0 Å². The van der Waals surface area contributed by atoms with Crippen LogP contribution in [0.1, 0.15) is 12.0 Å². The molecule has 4 heteroatoms. The molecule has 1 unspecified atom stereocenters. The van der Waals surface area contributed by atoms with Gasteiger partial charge in [-0.05, 0) is 17.8 Å². The molecule has 0 aliphatic heterocycles. The predicted octanol–water partition coefficient (Wildman–Crippen LogP) is -1.19. The van der Waals surface area contributed by atoms with Gasteiger partial charge >= 0.3 is 21.7 Å². The van der Waals surface area contributed by atoms with E-state index in [9.17, 15) is 0 Å². The second-order valence-corrected chi connectivity index (χ2v) is 6.68. The number of hydrogen-bond donors (Lipinski definition) is 0. The SMILES string of the molecule is Cc1ccccc1Pc1cc2ccccc2[cH-]1.[C-]1=CC=CC1.[F-].[F-].[Ti+4]. The number of fused-ring (bicyclic) bond motifs is 1. The largest absolute Gasteiger partial charge is 4.00 e. The van der Waals surface area contributed by atoms with Crippen LogP contribution in [0.2, 0.25) is 0 Å². The zero-order chi connectivity index (χ0) is 15.2. The van der Waals surface area contributed by atoms with Gasteiger partial charge in [0.15, 0.2) is 0 Å². The zero-order valence-electron chi connectivity index (χ0n) is 14.0. The molecule has 0 saturated carbocycles. The first-order valence-corrected chi connectivity index (χ1v) is 8.53. The van der Waals surface area contributed by atoms with Crippen LogP contribution < -0.4 is 20.0 Å². The van der Waals surface area contributed by atoms with E-state index in [0.29, 0.717) is 0 Å². The molecule has 0 nitrogen and oxygen atoms in total. The van der Waals surface area contributed by atoms with Crippen LogP contribution >= 0.6 is 8.58 Å². The summed E-state index contributed by atoms with van der Waals surface area (Å²) < 4.78 is 0. The fourth-order valence-electron chi connectivity index (χ4n) is 2.43. The molecule has 0 fully saturated rings. The Morgan fingerprint density at radius 3 is 2.32 bits per heavy atom. The van der Waals surface area contributed by atoms with E-state index in [1.807, 2.05) is 12.2 Å². The standard InChI is InChI=1S/C16H14P.C5H5.2FH.Ti/c1-12-6-2-5-9-16(12)17-15-10-13-7-3-4-8-14(13)11-15;1-2-4-5-3-1;;;/h2-11,17H,1H3;1-3H,4H2;2*1H;/q2*-1;;;+4/p-2.